The number of aromatic nitrogens is 1. The first kappa shape index (κ1) is 14.8. The van der Waals surface area contributed by atoms with E-state index in [0.29, 0.717) is 5.69 Å². The molecule has 0 fully saturated rings. The first-order valence-electron chi connectivity index (χ1n) is 7.07. The van der Waals surface area contributed by atoms with Gasteiger partial charge in [0, 0.05) is 18.0 Å². The summed E-state index contributed by atoms with van der Waals surface area (Å²) in [4.78, 5) is 12.4. The van der Waals surface area contributed by atoms with Crippen LogP contribution in [0.15, 0.2) is 47.2 Å². The molecule has 0 aliphatic carbocycles. The molecule has 4 nitrogen and oxygen atoms in total. The predicted molar refractivity (Wildman–Crippen MR) is 89.1 cm³/mol. The number of benzene rings is 1. The lowest BCUT2D eigenvalue weighted by atomic mass is 9.99. The molecule has 0 aliphatic rings. The number of nitrogens with one attached hydrogen (secondary N) is 1. The Kier molecular flexibility index (Phi) is 3.76. The van der Waals surface area contributed by atoms with Crippen LogP contribution in [0.25, 0.3) is 10.9 Å². The molecule has 3 rings (SSSR count). The summed E-state index contributed by atoms with van der Waals surface area (Å²) in [6, 6.07) is 11.6. The van der Waals surface area contributed by atoms with Crippen molar-refractivity contribution in [1.29, 1.82) is 0 Å². The van der Waals surface area contributed by atoms with Gasteiger partial charge in [0.2, 0.25) is 0 Å². The van der Waals surface area contributed by atoms with E-state index >= 15 is 0 Å². The molecule has 1 atom stereocenters. The molecule has 1 amide bonds. The molecule has 3 aromatic rings. The van der Waals surface area contributed by atoms with E-state index in [2.05, 4.69) is 5.32 Å². The number of rotatable bonds is 4. The fourth-order valence-electron chi connectivity index (χ4n) is 2.52. The number of hydrogen-bond acceptors (Lipinski definition) is 3. The number of amides is 1. The molecule has 0 bridgehead atoms. The number of aryl methyl sites for hydroxylation is 1. The van der Waals surface area contributed by atoms with Crippen molar-refractivity contribution in [2.24, 2.45) is 7.05 Å². The SMILES string of the molecule is Cn1c(C(=O)NCC(C)(O)c2ccsc2)cc2ccccc21. The van der Waals surface area contributed by atoms with E-state index in [1.54, 1.807) is 6.92 Å². The van der Waals surface area contributed by atoms with Gasteiger partial charge in [0.05, 0.1) is 6.54 Å². The highest BCUT2D eigenvalue weighted by Crippen LogP contribution is 2.23. The number of hydrogen-bond donors (Lipinski definition) is 2. The Bertz CT molecular complexity index is 803. The minimum absolute atomic E-state index is 0.171. The van der Waals surface area contributed by atoms with E-state index in [0.717, 1.165) is 16.5 Å². The van der Waals surface area contributed by atoms with Crippen LogP contribution in [0.3, 0.4) is 0 Å². The van der Waals surface area contributed by atoms with E-state index < -0.39 is 5.60 Å². The molecule has 5 heteroatoms. The largest absolute Gasteiger partial charge is 0.384 e. The molecular formula is C17H18N2O2S. The highest BCUT2D eigenvalue weighted by Gasteiger charge is 2.25. The highest BCUT2D eigenvalue weighted by molar-refractivity contribution is 7.08. The first-order chi connectivity index (χ1) is 10.5. The number of thiophene rings is 1. The second-order valence-electron chi connectivity index (χ2n) is 5.62. The summed E-state index contributed by atoms with van der Waals surface area (Å²) in [6.45, 7) is 1.88. The van der Waals surface area contributed by atoms with E-state index in [9.17, 15) is 9.90 Å². The lowest BCUT2D eigenvalue weighted by molar-refractivity contribution is 0.0528. The summed E-state index contributed by atoms with van der Waals surface area (Å²) < 4.78 is 1.87. The third kappa shape index (κ3) is 2.65. The number of fused-ring (bicyclic) bond motifs is 1. The van der Waals surface area contributed by atoms with Gasteiger partial charge in [-0.3, -0.25) is 4.79 Å². The fraction of sp³-hybridized carbons (Fsp3) is 0.235. The Morgan fingerprint density at radius 1 is 1.36 bits per heavy atom. The van der Waals surface area contributed by atoms with Crippen molar-refractivity contribution in [3.05, 3.63) is 58.4 Å². The molecule has 0 radical (unpaired) electrons. The van der Waals surface area contributed by atoms with Crippen molar-refractivity contribution >= 4 is 28.1 Å². The van der Waals surface area contributed by atoms with Gasteiger partial charge in [-0.25, -0.2) is 0 Å². The molecule has 0 saturated carbocycles. The third-order valence-corrected chi connectivity index (χ3v) is 4.60. The molecule has 2 heterocycles. The maximum absolute atomic E-state index is 12.4. The lowest BCUT2D eigenvalue weighted by Gasteiger charge is -2.22. The average molecular weight is 314 g/mol. The Morgan fingerprint density at radius 3 is 2.82 bits per heavy atom. The summed E-state index contributed by atoms with van der Waals surface area (Å²) in [5.74, 6) is -0.186. The van der Waals surface area contributed by atoms with Gasteiger partial charge in [-0.05, 0) is 41.4 Å². The van der Waals surface area contributed by atoms with Gasteiger partial charge < -0.3 is 15.0 Å². The maximum atomic E-state index is 12.4. The van der Waals surface area contributed by atoms with Crippen LogP contribution in [0.4, 0.5) is 0 Å². The van der Waals surface area contributed by atoms with Gasteiger partial charge in [-0.1, -0.05) is 18.2 Å². The van der Waals surface area contributed by atoms with E-state index in [4.69, 9.17) is 0 Å². The molecule has 22 heavy (non-hydrogen) atoms. The number of aliphatic hydroxyl groups is 1. The summed E-state index contributed by atoms with van der Waals surface area (Å²) in [6.07, 6.45) is 0. The zero-order chi connectivity index (χ0) is 15.7. The van der Waals surface area contributed by atoms with Crippen LogP contribution in [0.2, 0.25) is 0 Å². The molecule has 114 valence electrons. The molecule has 1 aromatic carbocycles. The maximum Gasteiger partial charge on any atom is 0.268 e. The Labute approximate surface area is 133 Å². The lowest BCUT2D eigenvalue weighted by Crippen LogP contribution is -2.38. The topological polar surface area (TPSA) is 54.3 Å². The highest BCUT2D eigenvalue weighted by atomic mass is 32.1. The van der Waals surface area contributed by atoms with Gasteiger partial charge in [-0.15, -0.1) is 0 Å². The van der Waals surface area contributed by atoms with Gasteiger partial charge in [0.15, 0.2) is 0 Å². The molecular weight excluding hydrogens is 296 g/mol. The smallest absolute Gasteiger partial charge is 0.268 e. The molecule has 0 saturated heterocycles. The quantitative estimate of drug-likeness (QED) is 0.778. The molecule has 2 aromatic heterocycles. The van der Waals surface area contributed by atoms with Crippen molar-refractivity contribution in [2.75, 3.05) is 6.54 Å². The van der Waals surface area contributed by atoms with E-state index in [-0.39, 0.29) is 12.5 Å². The van der Waals surface area contributed by atoms with E-state index in [1.807, 2.05) is 58.8 Å². The molecule has 2 N–H and O–H groups in total. The average Bonchev–Trinajstić information content (AvgIpc) is 3.14. The molecule has 0 spiro atoms. The van der Waals surface area contributed by atoms with Crippen LogP contribution in [0.5, 0.6) is 0 Å². The van der Waals surface area contributed by atoms with Gasteiger partial charge >= 0.3 is 0 Å². The van der Waals surface area contributed by atoms with Crippen LogP contribution in [0.1, 0.15) is 23.0 Å². The van der Waals surface area contributed by atoms with Gasteiger partial charge in [0.1, 0.15) is 11.3 Å². The van der Waals surface area contributed by atoms with Crippen molar-refractivity contribution in [3.63, 3.8) is 0 Å². The monoisotopic (exact) mass is 314 g/mol. The minimum atomic E-state index is -1.07. The van der Waals surface area contributed by atoms with Crippen LogP contribution in [-0.2, 0) is 12.6 Å². The summed E-state index contributed by atoms with van der Waals surface area (Å²) >= 11 is 1.53. The van der Waals surface area contributed by atoms with E-state index in [1.165, 1.54) is 11.3 Å². The van der Waals surface area contributed by atoms with Gasteiger partial charge in [0.25, 0.3) is 5.91 Å². The number of carbonyl (C=O) groups is 1. The number of nitrogens with zero attached hydrogens (tertiary/aromatic N) is 1. The number of carbonyl (C=O) groups excluding carboxylic acids is 1. The van der Waals surface area contributed by atoms with Gasteiger partial charge in [-0.2, -0.15) is 11.3 Å². The summed E-state index contributed by atoms with van der Waals surface area (Å²) in [7, 11) is 1.87. The van der Waals surface area contributed by atoms with Crippen molar-refractivity contribution in [2.45, 2.75) is 12.5 Å². The van der Waals surface area contributed by atoms with Crippen LogP contribution >= 0.6 is 11.3 Å². The normalized spacial score (nSPS) is 14.0. The van der Waals surface area contributed by atoms with Crippen LogP contribution in [0, 0.1) is 0 Å². The second kappa shape index (κ2) is 5.59. The summed E-state index contributed by atoms with van der Waals surface area (Å²) in [5, 5.41) is 18.1. The second-order valence-corrected chi connectivity index (χ2v) is 6.40. The third-order valence-electron chi connectivity index (χ3n) is 3.92. The standard InChI is InChI=1S/C17H18N2O2S/c1-17(21,13-7-8-22-10-13)11-18-16(20)15-9-12-5-3-4-6-14(12)19(15)2/h3-10,21H,11H2,1-2H3,(H,18,20). The Balaban J connectivity index is 1.78. The van der Waals surface area contributed by atoms with Crippen LogP contribution < -0.4 is 5.32 Å². The minimum Gasteiger partial charge on any atom is -0.384 e. The Hall–Kier alpha value is -2.11. The molecule has 0 aliphatic heterocycles. The summed E-state index contributed by atoms with van der Waals surface area (Å²) in [5.41, 5.74) is 1.34. The zero-order valence-electron chi connectivity index (χ0n) is 12.5. The van der Waals surface area contributed by atoms with Crippen molar-refractivity contribution < 1.29 is 9.90 Å². The van der Waals surface area contributed by atoms with Crippen molar-refractivity contribution in [1.82, 2.24) is 9.88 Å². The fourth-order valence-corrected chi connectivity index (χ4v) is 3.31. The van der Waals surface area contributed by atoms with Crippen LogP contribution in [-0.4, -0.2) is 22.1 Å². The molecule has 1 unspecified atom stereocenters. The number of para-hydroxylation sites is 1. The zero-order valence-corrected chi connectivity index (χ0v) is 13.4. The van der Waals surface area contributed by atoms with Crippen molar-refractivity contribution in [3.8, 4) is 0 Å². The first-order valence-corrected chi connectivity index (χ1v) is 8.01. The Morgan fingerprint density at radius 2 is 2.14 bits per heavy atom. The predicted octanol–water partition coefficient (Wildman–Crippen LogP) is 2.88.